The van der Waals surface area contributed by atoms with Gasteiger partial charge in [-0.25, -0.2) is 4.79 Å². The average Bonchev–Trinajstić information content (AvgIpc) is 2.81. The smallest absolute Gasteiger partial charge is 0.338 e. The molecule has 0 N–H and O–H groups in total. The molecule has 98 valence electrons. The van der Waals surface area contributed by atoms with Crippen LogP contribution in [0, 0.1) is 17.0 Å². The molecule has 1 heterocycles. The minimum Gasteiger partial charge on any atom is -0.469 e. The third-order valence-electron chi connectivity index (χ3n) is 2.64. The Morgan fingerprint density at radius 1 is 1.32 bits per heavy atom. The van der Waals surface area contributed by atoms with Crippen molar-refractivity contribution in [2.45, 2.75) is 13.5 Å². The van der Waals surface area contributed by atoms with Gasteiger partial charge in [0.15, 0.2) is 0 Å². The number of non-ortho nitro benzene ring substituents is 1. The maximum atomic E-state index is 11.7. The fourth-order valence-corrected chi connectivity index (χ4v) is 1.51. The molecule has 6 nitrogen and oxygen atoms in total. The lowest BCUT2D eigenvalue weighted by atomic mass is 10.2. The summed E-state index contributed by atoms with van der Waals surface area (Å²) >= 11 is 0. The van der Waals surface area contributed by atoms with Gasteiger partial charge in [0.2, 0.25) is 0 Å². The van der Waals surface area contributed by atoms with E-state index in [4.69, 9.17) is 9.15 Å². The zero-order valence-electron chi connectivity index (χ0n) is 10.2. The number of furan rings is 1. The second-order valence-corrected chi connectivity index (χ2v) is 3.88. The van der Waals surface area contributed by atoms with Gasteiger partial charge in [0.25, 0.3) is 5.69 Å². The molecular formula is C13H11NO5. The summed E-state index contributed by atoms with van der Waals surface area (Å²) in [4.78, 5) is 21.7. The van der Waals surface area contributed by atoms with Crippen LogP contribution in [-0.2, 0) is 11.3 Å². The summed E-state index contributed by atoms with van der Waals surface area (Å²) in [7, 11) is 0. The molecule has 0 radical (unpaired) electrons. The van der Waals surface area contributed by atoms with Gasteiger partial charge in [0.05, 0.1) is 16.7 Å². The van der Waals surface area contributed by atoms with Crippen LogP contribution in [-0.4, -0.2) is 10.9 Å². The molecule has 0 unspecified atom stereocenters. The molecule has 1 aromatic heterocycles. The van der Waals surface area contributed by atoms with Gasteiger partial charge in [0.1, 0.15) is 12.4 Å². The summed E-state index contributed by atoms with van der Waals surface area (Å²) in [6, 6.07) is 6.98. The molecule has 19 heavy (non-hydrogen) atoms. The van der Waals surface area contributed by atoms with E-state index in [9.17, 15) is 14.9 Å². The quantitative estimate of drug-likeness (QED) is 0.480. The number of rotatable bonds is 4. The van der Waals surface area contributed by atoms with Gasteiger partial charge in [0, 0.05) is 17.7 Å². The highest BCUT2D eigenvalue weighted by molar-refractivity contribution is 5.89. The molecule has 2 rings (SSSR count). The molecule has 6 heteroatoms. The Labute approximate surface area is 108 Å². The van der Waals surface area contributed by atoms with Crippen LogP contribution in [0.3, 0.4) is 0 Å². The van der Waals surface area contributed by atoms with Crippen molar-refractivity contribution in [2.75, 3.05) is 0 Å². The van der Waals surface area contributed by atoms with Crippen molar-refractivity contribution in [1.82, 2.24) is 0 Å². The molecular weight excluding hydrogens is 250 g/mol. The zero-order valence-corrected chi connectivity index (χ0v) is 10.2. The zero-order chi connectivity index (χ0) is 13.8. The first-order valence-corrected chi connectivity index (χ1v) is 5.52. The largest absolute Gasteiger partial charge is 0.469 e. The van der Waals surface area contributed by atoms with Gasteiger partial charge in [-0.3, -0.25) is 10.1 Å². The third kappa shape index (κ3) is 2.98. The molecule has 0 saturated heterocycles. The van der Waals surface area contributed by atoms with Gasteiger partial charge in [-0.15, -0.1) is 0 Å². The van der Waals surface area contributed by atoms with Crippen LogP contribution in [0.4, 0.5) is 5.69 Å². The molecule has 0 fully saturated rings. The first-order valence-electron chi connectivity index (χ1n) is 5.52. The lowest BCUT2D eigenvalue weighted by Crippen LogP contribution is -2.05. The highest BCUT2D eigenvalue weighted by atomic mass is 16.6. The second-order valence-electron chi connectivity index (χ2n) is 3.88. The van der Waals surface area contributed by atoms with Gasteiger partial charge in [-0.05, 0) is 25.1 Å². The van der Waals surface area contributed by atoms with Crippen molar-refractivity contribution in [1.29, 1.82) is 0 Å². The number of ether oxygens (including phenoxy) is 1. The molecule has 1 aromatic carbocycles. The Kier molecular flexibility index (Phi) is 3.61. The van der Waals surface area contributed by atoms with E-state index in [0.29, 0.717) is 5.76 Å². The van der Waals surface area contributed by atoms with Crippen LogP contribution in [0.2, 0.25) is 0 Å². The maximum absolute atomic E-state index is 11.7. The second kappa shape index (κ2) is 5.34. The summed E-state index contributed by atoms with van der Waals surface area (Å²) in [5.74, 6) is 0.159. The van der Waals surface area contributed by atoms with Crippen LogP contribution in [0.25, 0.3) is 0 Å². The van der Waals surface area contributed by atoms with E-state index in [1.54, 1.807) is 13.0 Å². The monoisotopic (exact) mass is 261 g/mol. The number of carbonyl (C=O) groups excluding carboxylic acids is 1. The highest BCUT2D eigenvalue weighted by Crippen LogP contribution is 2.14. The van der Waals surface area contributed by atoms with E-state index in [1.807, 2.05) is 0 Å². The molecule has 0 amide bonds. The Morgan fingerprint density at radius 2 is 2.00 bits per heavy atom. The van der Waals surface area contributed by atoms with Crippen LogP contribution in [0.1, 0.15) is 21.7 Å². The lowest BCUT2D eigenvalue weighted by molar-refractivity contribution is -0.384. The third-order valence-corrected chi connectivity index (χ3v) is 2.64. The van der Waals surface area contributed by atoms with Crippen LogP contribution < -0.4 is 0 Å². The van der Waals surface area contributed by atoms with Crippen LogP contribution in [0.15, 0.2) is 41.0 Å². The number of aryl methyl sites for hydroxylation is 1. The maximum Gasteiger partial charge on any atom is 0.338 e. The molecule has 0 bridgehead atoms. The highest BCUT2D eigenvalue weighted by Gasteiger charge is 2.11. The normalized spacial score (nSPS) is 10.2. The predicted molar refractivity (Wildman–Crippen MR) is 65.7 cm³/mol. The first kappa shape index (κ1) is 12.8. The fourth-order valence-electron chi connectivity index (χ4n) is 1.51. The van der Waals surface area contributed by atoms with Gasteiger partial charge < -0.3 is 9.15 Å². The van der Waals surface area contributed by atoms with Crippen molar-refractivity contribution in [3.8, 4) is 0 Å². The van der Waals surface area contributed by atoms with E-state index in [2.05, 4.69) is 0 Å². The fraction of sp³-hybridized carbons (Fsp3) is 0.154. The van der Waals surface area contributed by atoms with Crippen molar-refractivity contribution in [2.24, 2.45) is 0 Å². The van der Waals surface area contributed by atoms with Crippen molar-refractivity contribution in [3.63, 3.8) is 0 Å². The van der Waals surface area contributed by atoms with E-state index in [-0.39, 0.29) is 17.9 Å². The Hall–Kier alpha value is -2.63. The summed E-state index contributed by atoms with van der Waals surface area (Å²) < 4.78 is 10.2. The molecule has 2 aromatic rings. The van der Waals surface area contributed by atoms with Crippen molar-refractivity contribution in [3.05, 3.63) is 63.6 Å². The summed E-state index contributed by atoms with van der Waals surface area (Å²) in [6.45, 7) is 1.88. The standard InChI is InChI=1S/C13H11NO5/c1-9-11(6-7-18-9)8-19-13(15)10-2-4-12(5-3-10)14(16)17/h2-7H,8H2,1H3. The number of nitro benzene ring substituents is 1. The van der Waals surface area contributed by atoms with Gasteiger partial charge >= 0.3 is 5.97 Å². The Bertz CT molecular complexity index is 600. The molecule has 0 atom stereocenters. The number of hydrogen-bond donors (Lipinski definition) is 0. The number of nitrogens with zero attached hydrogens (tertiary/aromatic N) is 1. The Morgan fingerprint density at radius 3 is 2.53 bits per heavy atom. The molecule has 0 saturated carbocycles. The van der Waals surface area contributed by atoms with E-state index in [1.165, 1.54) is 30.5 Å². The number of nitro groups is 1. The summed E-state index contributed by atoms with van der Waals surface area (Å²) in [6.07, 6.45) is 1.52. The summed E-state index contributed by atoms with van der Waals surface area (Å²) in [5, 5.41) is 10.5. The number of esters is 1. The van der Waals surface area contributed by atoms with Gasteiger partial charge in [-0.1, -0.05) is 0 Å². The van der Waals surface area contributed by atoms with E-state index in [0.717, 1.165) is 5.56 Å². The number of hydrogen-bond acceptors (Lipinski definition) is 5. The molecule has 0 aliphatic carbocycles. The Balaban J connectivity index is 2.00. The molecule has 0 aliphatic rings. The van der Waals surface area contributed by atoms with Gasteiger partial charge in [-0.2, -0.15) is 0 Å². The van der Waals surface area contributed by atoms with Crippen molar-refractivity contribution < 1.29 is 18.9 Å². The van der Waals surface area contributed by atoms with Crippen LogP contribution >= 0.6 is 0 Å². The topological polar surface area (TPSA) is 82.6 Å². The van der Waals surface area contributed by atoms with E-state index < -0.39 is 10.9 Å². The minimum atomic E-state index is -0.532. The summed E-state index contributed by atoms with van der Waals surface area (Å²) in [5.41, 5.74) is 0.990. The molecule has 0 aliphatic heterocycles. The van der Waals surface area contributed by atoms with E-state index >= 15 is 0 Å². The molecule has 0 spiro atoms. The lowest BCUT2D eigenvalue weighted by Gasteiger charge is -2.03. The van der Waals surface area contributed by atoms with Crippen molar-refractivity contribution >= 4 is 11.7 Å². The first-order chi connectivity index (χ1) is 9.08. The minimum absolute atomic E-state index is 0.0674. The number of carbonyl (C=O) groups is 1. The SMILES string of the molecule is Cc1occc1COC(=O)c1ccc([N+](=O)[O-])cc1. The average molecular weight is 261 g/mol. The predicted octanol–water partition coefficient (Wildman–Crippen LogP) is 2.85. The van der Waals surface area contributed by atoms with Crippen LogP contribution in [0.5, 0.6) is 0 Å². The number of benzene rings is 1.